The summed E-state index contributed by atoms with van der Waals surface area (Å²) in [6, 6.07) is 0. The molecule has 0 saturated heterocycles. The predicted molar refractivity (Wildman–Crippen MR) is 35.7 cm³/mol. The fourth-order valence-electron chi connectivity index (χ4n) is 0.417. The number of rotatable bonds is 2. The van der Waals surface area contributed by atoms with Crippen LogP contribution in [0.5, 0.6) is 0 Å². The van der Waals surface area contributed by atoms with Crippen LogP contribution in [-0.2, 0) is 0 Å². The second-order valence-corrected chi connectivity index (χ2v) is 3.14. The van der Waals surface area contributed by atoms with Gasteiger partial charge in [0.2, 0.25) is 0 Å². The minimum Gasteiger partial charge on any atom is -0.195 e. The summed E-state index contributed by atoms with van der Waals surface area (Å²) in [4.78, 5) is 0. The molecule has 0 fully saturated rings. The van der Waals surface area contributed by atoms with Gasteiger partial charge in [0, 0.05) is 6.08 Å². The van der Waals surface area contributed by atoms with Crippen LogP contribution < -0.4 is 0 Å². The third-order valence-electron chi connectivity index (χ3n) is 1.07. The molecule has 14 heavy (non-hydrogen) atoms. The van der Waals surface area contributed by atoms with Gasteiger partial charge in [0.05, 0.1) is 0 Å². The second-order valence-electron chi connectivity index (χ2n) is 2.13. The molecule has 0 radical (unpaired) electrons. The fourth-order valence-corrected chi connectivity index (χ4v) is 0.691. The van der Waals surface area contributed by atoms with E-state index in [9.17, 15) is 30.7 Å². The van der Waals surface area contributed by atoms with Gasteiger partial charge in [-0.25, -0.2) is 0 Å². The van der Waals surface area contributed by atoms with Gasteiger partial charge >= 0.3 is 18.0 Å². The Bertz CT molecular complexity index is 237. The van der Waals surface area contributed by atoms with Gasteiger partial charge in [0.1, 0.15) is 4.49 Å². The van der Waals surface area contributed by atoms with Crippen molar-refractivity contribution in [3.05, 3.63) is 10.6 Å². The summed E-state index contributed by atoms with van der Waals surface area (Å²) in [7, 11) is 0. The van der Waals surface area contributed by atoms with Crippen LogP contribution in [0.4, 0.5) is 30.7 Å². The fraction of sp³-hybridized carbons (Fsp3) is 0.600. The Hall–Kier alpha value is -0.170. The molecular formula is C5HCl2F7. The first-order chi connectivity index (χ1) is 5.92. The van der Waals surface area contributed by atoms with Crippen molar-refractivity contribution in [1.29, 1.82) is 0 Å². The minimum atomic E-state index is -6.38. The van der Waals surface area contributed by atoms with E-state index < -0.39 is 28.6 Å². The maximum Gasteiger partial charge on any atom is 0.460 e. The number of hydrogen-bond donors (Lipinski definition) is 0. The van der Waals surface area contributed by atoms with Crippen LogP contribution in [0.15, 0.2) is 10.6 Å². The van der Waals surface area contributed by atoms with Crippen molar-refractivity contribution in [3.8, 4) is 0 Å². The molecule has 9 heteroatoms. The van der Waals surface area contributed by atoms with Crippen LogP contribution in [0.3, 0.4) is 0 Å². The van der Waals surface area contributed by atoms with Gasteiger partial charge in [-0.2, -0.15) is 30.7 Å². The van der Waals surface area contributed by atoms with Crippen LogP contribution in [-0.4, -0.2) is 18.0 Å². The molecule has 0 aliphatic carbocycles. The van der Waals surface area contributed by atoms with Gasteiger partial charge < -0.3 is 0 Å². The van der Waals surface area contributed by atoms with Crippen LogP contribution in [0, 0.1) is 0 Å². The molecule has 0 rings (SSSR count). The van der Waals surface area contributed by atoms with Crippen molar-refractivity contribution in [2.75, 3.05) is 0 Å². The molecule has 0 aliphatic rings. The summed E-state index contributed by atoms with van der Waals surface area (Å²) in [5.74, 6) is -11.7. The summed E-state index contributed by atoms with van der Waals surface area (Å²) < 4.78 is 81.5. The van der Waals surface area contributed by atoms with Crippen LogP contribution >= 0.6 is 23.2 Å². The molecule has 84 valence electrons. The first kappa shape index (κ1) is 13.8. The van der Waals surface area contributed by atoms with Gasteiger partial charge in [-0.1, -0.05) is 23.2 Å². The molecule has 0 saturated carbocycles. The van der Waals surface area contributed by atoms with Gasteiger partial charge in [-0.15, -0.1) is 0 Å². The predicted octanol–water partition coefficient (Wildman–Crippen LogP) is 4.14. The van der Waals surface area contributed by atoms with Crippen molar-refractivity contribution in [2.45, 2.75) is 18.0 Å². The van der Waals surface area contributed by atoms with Crippen molar-refractivity contribution >= 4 is 23.2 Å². The van der Waals surface area contributed by atoms with Gasteiger partial charge in [0.25, 0.3) is 0 Å². The molecule has 0 aliphatic heterocycles. The summed E-state index contributed by atoms with van der Waals surface area (Å²) in [6.45, 7) is 0. The molecule has 0 nitrogen and oxygen atoms in total. The Balaban J connectivity index is 5.18. The zero-order valence-corrected chi connectivity index (χ0v) is 7.49. The van der Waals surface area contributed by atoms with E-state index in [1.807, 2.05) is 0 Å². The Morgan fingerprint density at radius 2 is 1.21 bits per heavy atom. The van der Waals surface area contributed by atoms with Gasteiger partial charge in [-0.05, 0) is 0 Å². The quantitative estimate of drug-likeness (QED) is 0.658. The lowest BCUT2D eigenvalue weighted by Gasteiger charge is -2.25. The van der Waals surface area contributed by atoms with Gasteiger partial charge in [0.15, 0.2) is 0 Å². The lowest BCUT2D eigenvalue weighted by atomic mass is 10.1. The summed E-state index contributed by atoms with van der Waals surface area (Å²) >= 11 is 9.13. The SMILES string of the molecule is FC(F)(F)C(F)(F)C(F)(F)C=C(Cl)Cl. The highest BCUT2D eigenvalue weighted by molar-refractivity contribution is 6.55. The second kappa shape index (κ2) is 3.77. The first-order valence-corrected chi connectivity index (χ1v) is 3.53. The van der Waals surface area contributed by atoms with E-state index in [0.29, 0.717) is 0 Å². The molecule has 0 aromatic rings. The van der Waals surface area contributed by atoms with E-state index in [1.165, 1.54) is 0 Å². The van der Waals surface area contributed by atoms with E-state index in [-0.39, 0.29) is 0 Å². The highest BCUT2D eigenvalue weighted by Crippen LogP contribution is 2.47. The Morgan fingerprint density at radius 3 is 1.43 bits per heavy atom. The molecular weight excluding hydrogens is 264 g/mol. The third-order valence-corrected chi connectivity index (χ3v) is 1.28. The van der Waals surface area contributed by atoms with E-state index in [2.05, 4.69) is 23.2 Å². The Labute approximate surface area is 83.3 Å². The molecule has 0 amide bonds. The van der Waals surface area contributed by atoms with Crippen molar-refractivity contribution < 1.29 is 30.7 Å². The van der Waals surface area contributed by atoms with Crippen LogP contribution in [0.1, 0.15) is 0 Å². The van der Waals surface area contributed by atoms with Crippen LogP contribution in [0.2, 0.25) is 0 Å². The maximum absolute atomic E-state index is 12.2. The summed E-state index contributed by atoms with van der Waals surface area (Å²) in [5.41, 5.74) is 0. The lowest BCUT2D eigenvalue weighted by Crippen LogP contribution is -2.50. The zero-order valence-electron chi connectivity index (χ0n) is 5.98. The maximum atomic E-state index is 12.2. The molecule has 0 unspecified atom stereocenters. The molecule has 0 bridgehead atoms. The molecule has 0 aromatic carbocycles. The van der Waals surface area contributed by atoms with E-state index in [4.69, 9.17) is 0 Å². The van der Waals surface area contributed by atoms with Gasteiger partial charge in [-0.3, -0.25) is 0 Å². The van der Waals surface area contributed by atoms with E-state index in [1.54, 1.807) is 0 Å². The van der Waals surface area contributed by atoms with Crippen molar-refractivity contribution in [3.63, 3.8) is 0 Å². The standard InChI is InChI=1S/C5HCl2F7/c6-2(7)1-3(8,9)4(10,11)5(12,13)14/h1H. The van der Waals surface area contributed by atoms with E-state index >= 15 is 0 Å². The third kappa shape index (κ3) is 2.66. The molecule has 0 spiro atoms. The largest absolute Gasteiger partial charge is 0.460 e. The first-order valence-electron chi connectivity index (χ1n) is 2.78. The molecule has 0 heterocycles. The average molecular weight is 265 g/mol. The topological polar surface area (TPSA) is 0 Å². The minimum absolute atomic E-state index is 0.871. The highest BCUT2D eigenvalue weighted by Gasteiger charge is 2.72. The number of hydrogen-bond acceptors (Lipinski definition) is 0. The summed E-state index contributed by atoms with van der Waals surface area (Å²) in [6.07, 6.45) is -7.25. The normalized spacial score (nSPS) is 14.1. The number of halogens is 9. The highest BCUT2D eigenvalue weighted by atomic mass is 35.5. The van der Waals surface area contributed by atoms with Crippen molar-refractivity contribution in [1.82, 2.24) is 0 Å². The average Bonchev–Trinajstić information content (AvgIpc) is 1.80. The Morgan fingerprint density at radius 1 is 0.857 bits per heavy atom. The van der Waals surface area contributed by atoms with Crippen molar-refractivity contribution in [2.24, 2.45) is 0 Å². The molecule has 0 aromatic heterocycles. The summed E-state index contributed by atoms with van der Waals surface area (Å²) in [5, 5.41) is 0. The molecule has 0 atom stereocenters. The Kier molecular flexibility index (Phi) is 3.72. The smallest absolute Gasteiger partial charge is 0.195 e. The molecule has 0 N–H and O–H groups in total. The number of alkyl halides is 7. The van der Waals surface area contributed by atoms with Crippen LogP contribution in [0.25, 0.3) is 0 Å². The number of allylic oxidation sites excluding steroid dienone is 1. The lowest BCUT2D eigenvalue weighted by molar-refractivity contribution is -0.341. The monoisotopic (exact) mass is 264 g/mol. The zero-order chi connectivity index (χ0) is 11.8. The van der Waals surface area contributed by atoms with E-state index in [0.717, 1.165) is 0 Å².